The number of rotatable bonds is 17. The summed E-state index contributed by atoms with van der Waals surface area (Å²) in [5.41, 5.74) is 52.9. The van der Waals surface area contributed by atoms with Crippen LogP contribution in [0.2, 0.25) is 5.02 Å². The number of aliphatic hydroxyl groups is 1. The summed E-state index contributed by atoms with van der Waals surface area (Å²) >= 11 is 7.88. The van der Waals surface area contributed by atoms with Gasteiger partial charge in [0, 0.05) is 134 Å². The Labute approximate surface area is 716 Å². The molecule has 0 unspecified atom stereocenters. The quantitative estimate of drug-likeness (QED) is 0.0403. The first-order chi connectivity index (χ1) is 58.6. The van der Waals surface area contributed by atoms with Crippen LogP contribution >= 0.6 is 22.9 Å². The Bertz CT molecular complexity index is 6440. The third kappa shape index (κ3) is 20.8. The maximum Gasteiger partial charge on any atom is 0.268 e. The maximum atomic E-state index is 13.5. The second-order valence-corrected chi connectivity index (χ2v) is 32.6. The molecular weight excluding hydrogens is 1590 g/mol. The van der Waals surface area contributed by atoms with Gasteiger partial charge in [0.25, 0.3) is 10.0 Å². The number of allylic oxidation sites excluding steroid dienone is 1. The molecular formula is C92H96ClN23O4S2. The first-order valence-electron chi connectivity index (χ1n) is 39.6. The summed E-state index contributed by atoms with van der Waals surface area (Å²) in [5, 5.41) is 28.1. The fourth-order valence-corrected chi connectivity index (χ4v) is 16.2. The van der Waals surface area contributed by atoms with Crippen molar-refractivity contribution in [3.63, 3.8) is 0 Å². The number of para-hydroxylation sites is 2. The standard InChI is InChI=1S/C24H25N5O2S.C15H19N3O.C14H14N4.C13H14ClN3.C13H12N4O.C13H12N4S/c1-15-7-11-18(12-8-15)32(30,31)29-14-20(19-5-3-4-6-22(19)29)21-13-23(28-24(25)27-21)26-16(2)17-9-10-17;1-4-12-9-13(18-14(16)17-12)10-5-7-11(8-6-10)15(2,3)19;1-16-13-8-12(17-14(15)18-13)11-7-3-5-9-4-2-6-10(9)11;1-3-9-7-12(17-13(15)16-9)10-6-8(2)4-5-11(10)14;2*1-15-12-6-10(16-13(14)17-12)9-7-18-11-5-3-2-4-8(9)11/h3-8,11-14,16-17H,9-10H2,1-2H3,(H3,25,26,27,28);5-9,19H,4H2,1-3H3,(H2,16,17,18);2-3,5-8H,4H2,1H3,(H3,15,16,17,18);4-7H,3H2,1-2H3,(H2,15,16,17);2*2-7H,1H3,(H3,14,15,16,17)/t16-;;;;;/m0...../s1. The van der Waals surface area contributed by atoms with Crippen molar-refractivity contribution in [1.82, 2.24) is 63.8 Å². The number of hydrogen-bond acceptors (Lipinski definition) is 27. The zero-order chi connectivity index (χ0) is 86.5. The molecule has 1 atom stereocenters. The Hall–Kier alpha value is -14.0. The lowest BCUT2D eigenvalue weighted by molar-refractivity contribution is 0.0786. The van der Waals surface area contributed by atoms with Crippen LogP contribution in [0.1, 0.15) is 86.7 Å². The van der Waals surface area contributed by atoms with E-state index in [9.17, 15) is 13.5 Å². The van der Waals surface area contributed by atoms with Crippen molar-refractivity contribution in [3.05, 3.63) is 262 Å². The summed E-state index contributed by atoms with van der Waals surface area (Å²) in [6, 6.07) is 61.8. The van der Waals surface area contributed by atoms with Crippen LogP contribution in [0.15, 0.2) is 227 Å². The van der Waals surface area contributed by atoms with E-state index in [2.05, 4.69) is 136 Å². The predicted molar refractivity (Wildman–Crippen MR) is 497 cm³/mol. The zero-order valence-corrected chi connectivity index (χ0v) is 71.6. The van der Waals surface area contributed by atoms with E-state index in [1.54, 1.807) is 75.0 Å². The highest BCUT2D eigenvalue weighted by molar-refractivity contribution is 7.90. The lowest BCUT2D eigenvalue weighted by Crippen LogP contribution is -2.18. The molecule has 0 radical (unpaired) electrons. The van der Waals surface area contributed by atoms with Gasteiger partial charge in [0.15, 0.2) is 0 Å². The van der Waals surface area contributed by atoms with Gasteiger partial charge in [-0.05, 0) is 144 Å². The van der Waals surface area contributed by atoms with E-state index in [0.717, 1.165) is 132 Å². The number of thiophene rings is 1. The monoisotopic (exact) mass is 1690 g/mol. The molecule has 0 saturated heterocycles. The molecule has 1 saturated carbocycles. The molecule has 18 rings (SSSR count). The van der Waals surface area contributed by atoms with E-state index in [1.165, 1.54) is 38.0 Å². The van der Waals surface area contributed by atoms with Crippen LogP contribution in [0.25, 0.3) is 106 Å². The Kier molecular flexibility index (Phi) is 26.7. The van der Waals surface area contributed by atoms with Gasteiger partial charge >= 0.3 is 0 Å². The summed E-state index contributed by atoms with van der Waals surface area (Å²) in [4.78, 5) is 50.9. The van der Waals surface area contributed by atoms with Crippen LogP contribution in [0.3, 0.4) is 0 Å². The van der Waals surface area contributed by atoms with Crippen LogP contribution in [0.5, 0.6) is 0 Å². The molecule has 1 fully saturated rings. The molecule has 27 nitrogen and oxygen atoms in total. The van der Waals surface area contributed by atoms with Crippen LogP contribution in [-0.2, 0) is 34.9 Å². The molecule has 0 bridgehead atoms. The topological polar surface area (TPSA) is 431 Å². The summed E-state index contributed by atoms with van der Waals surface area (Å²) in [5.74, 6) is 4.98. The predicted octanol–water partition coefficient (Wildman–Crippen LogP) is 18.0. The number of aromatic nitrogens is 13. The molecule has 2 aliphatic carbocycles. The van der Waals surface area contributed by atoms with Crippen LogP contribution in [0.4, 0.5) is 59.0 Å². The smallest absolute Gasteiger partial charge is 0.268 e. The molecule has 622 valence electrons. The van der Waals surface area contributed by atoms with E-state index >= 15 is 0 Å². The minimum absolute atomic E-state index is 0.145. The Morgan fingerprint density at radius 2 is 1.02 bits per heavy atom. The molecule has 2 aliphatic rings. The van der Waals surface area contributed by atoms with Crippen molar-refractivity contribution in [3.8, 4) is 67.5 Å². The van der Waals surface area contributed by atoms with Gasteiger partial charge in [-0.1, -0.05) is 164 Å². The van der Waals surface area contributed by atoms with Crippen LogP contribution in [-0.4, -0.2) is 104 Å². The molecule has 9 heterocycles. The summed E-state index contributed by atoms with van der Waals surface area (Å²) in [6.07, 6.45) is 12.7. The molecule has 122 heavy (non-hydrogen) atoms. The van der Waals surface area contributed by atoms with Crippen molar-refractivity contribution in [2.24, 2.45) is 5.92 Å². The third-order valence-electron chi connectivity index (χ3n) is 20.2. The van der Waals surface area contributed by atoms with Crippen molar-refractivity contribution < 1.29 is 17.9 Å². The van der Waals surface area contributed by atoms with Gasteiger partial charge in [0.2, 0.25) is 35.7 Å². The molecule has 0 aliphatic heterocycles. The highest BCUT2D eigenvalue weighted by atomic mass is 35.5. The number of nitrogen functional groups attached to an aromatic ring is 6. The minimum Gasteiger partial charge on any atom is -0.464 e. The van der Waals surface area contributed by atoms with Crippen molar-refractivity contribution in [1.29, 1.82) is 0 Å². The van der Waals surface area contributed by atoms with E-state index in [0.29, 0.717) is 51.3 Å². The minimum atomic E-state index is -3.79. The van der Waals surface area contributed by atoms with E-state index in [4.69, 9.17) is 50.4 Å². The van der Waals surface area contributed by atoms with Crippen molar-refractivity contribution in [2.45, 2.75) is 97.1 Å². The van der Waals surface area contributed by atoms with Crippen LogP contribution < -0.4 is 55.7 Å². The highest BCUT2D eigenvalue weighted by Crippen LogP contribution is 2.39. The molecule has 17 N–H and O–H groups in total. The lowest BCUT2D eigenvalue weighted by atomic mass is 9.96. The molecule has 16 aromatic rings. The average molecular weight is 1690 g/mol. The van der Waals surface area contributed by atoms with Crippen molar-refractivity contribution >= 4 is 130 Å². The van der Waals surface area contributed by atoms with Crippen LogP contribution in [0, 0.1) is 19.8 Å². The molecule has 0 spiro atoms. The largest absolute Gasteiger partial charge is 0.464 e. The highest BCUT2D eigenvalue weighted by Gasteiger charge is 2.29. The number of hydrogen-bond donors (Lipinski definition) is 11. The number of benzene rings is 7. The second kappa shape index (κ2) is 37.9. The Morgan fingerprint density at radius 3 is 1.61 bits per heavy atom. The summed E-state index contributed by atoms with van der Waals surface area (Å²) in [7, 11) is 1.64. The number of halogens is 1. The van der Waals surface area contributed by atoms with Gasteiger partial charge in [0.1, 0.15) is 35.1 Å². The lowest BCUT2D eigenvalue weighted by Gasteiger charge is -2.17. The van der Waals surface area contributed by atoms with Gasteiger partial charge in [-0.3, -0.25) is 0 Å². The SMILES string of the molecule is CCc1cc(-c2cc(C)ccc2Cl)nc(N)n1.CCc1cc(-c2ccc(C(C)(C)O)cc2)nc(N)n1.CNc1cc(-c2cccc3c2C=CC3)nc(N)n1.CNc1cc(-c2coc3ccccc23)nc(N)n1.CNc1cc(-c2csc3ccccc23)nc(N)n1.Cc1ccc(S(=O)(=O)n2cc(-c3cc(N[C@@H](C)C4CC4)nc(N)n3)c3ccccc32)cc1. The van der Waals surface area contributed by atoms with E-state index in [-0.39, 0.29) is 34.6 Å². The normalized spacial score (nSPS) is 12.2. The zero-order valence-electron chi connectivity index (χ0n) is 69.2. The van der Waals surface area contributed by atoms with Gasteiger partial charge in [-0.2, -0.15) is 19.9 Å². The Morgan fingerprint density at radius 1 is 0.525 bits per heavy atom. The number of nitrogens with zero attached hydrogens (tertiary/aromatic N) is 13. The van der Waals surface area contributed by atoms with Gasteiger partial charge in [-0.15, -0.1) is 11.3 Å². The van der Waals surface area contributed by atoms with Crippen molar-refractivity contribution in [2.75, 3.05) is 76.8 Å². The van der Waals surface area contributed by atoms with Gasteiger partial charge < -0.3 is 65.2 Å². The number of anilines is 10. The molecule has 30 heteroatoms. The third-order valence-corrected chi connectivity index (χ3v) is 23.2. The van der Waals surface area contributed by atoms with Gasteiger partial charge in [-0.25, -0.2) is 52.3 Å². The second-order valence-electron chi connectivity index (χ2n) is 29.5. The molecule has 0 amide bonds. The number of fused-ring (bicyclic) bond motifs is 4. The Balaban J connectivity index is 0.000000128. The number of aryl methyl sites for hydroxylation is 4. The number of nitrogens with two attached hydrogens (primary N) is 6. The summed E-state index contributed by atoms with van der Waals surface area (Å²) in [6.45, 7) is 13.7. The van der Waals surface area contributed by atoms with Gasteiger partial charge in [0.05, 0.1) is 50.2 Å². The number of nitrogens with one attached hydrogen (secondary N) is 4. The molecule has 9 aromatic heterocycles. The fourth-order valence-electron chi connectivity index (χ4n) is 13.6. The number of furan rings is 1. The maximum absolute atomic E-state index is 13.5. The first kappa shape index (κ1) is 85.9. The van der Waals surface area contributed by atoms with E-state index in [1.807, 2.05) is 175 Å². The molecule has 7 aromatic carbocycles. The first-order valence-corrected chi connectivity index (χ1v) is 42.2. The van der Waals surface area contributed by atoms with E-state index < -0.39 is 15.6 Å². The fraction of sp³-hybridized carbons (Fsp3) is 0.196. The average Bonchev–Trinajstić information content (AvgIpc) is 1.59. The summed E-state index contributed by atoms with van der Waals surface area (Å²) < 4.78 is 35.0.